The number of aryl methyl sites for hydroxylation is 2. The lowest BCUT2D eigenvalue weighted by Gasteiger charge is -2.47. The standard InChI is InChI=1S/2C31H40ClN3O6S/c2*32-24-6-8-26-21(15-24)3-1-10-31(26)19-35-17-23-4-7-25(23)27(33-11-12-36)18-40-13-2-14-42(38,39)34-30(37)22-5-9-29(41-20-31)28(35)16-22/h2*5-6,8-9,15-16,23,25,27,33,36H,1-4,7,10-14,17-20H2,(H,34,37)/t2*23-,25+,27+,31-/m00/s1. The van der Waals surface area contributed by atoms with Crippen LogP contribution >= 0.6 is 23.2 Å². The van der Waals surface area contributed by atoms with Gasteiger partial charge >= 0.3 is 0 Å². The summed E-state index contributed by atoms with van der Waals surface area (Å²) in [5.41, 5.74) is 6.75. The molecule has 8 atom stereocenters. The molecule has 4 aliphatic heterocycles. The number of nitrogens with zero attached hydrogens (tertiary/aromatic N) is 2. The first kappa shape index (κ1) is 60.9. The predicted molar refractivity (Wildman–Crippen MR) is 324 cm³/mol. The van der Waals surface area contributed by atoms with Crippen molar-refractivity contribution < 1.29 is 55.6 Å². The van der Waals surface area contributed by atoms with E-state index in [1.165, 1.54) is 22.3 Å². The Morgan fingerprint density at radius 1 is 0.583 bits per heavy atom. The number of aliphatic hydroxyl groups is 2. The van der Waals surface area contributed by atoms with Crippen LogP contribution in [0.5, 0.6) is 11.5 Å². The number of ether oxygens (including phenoxy) is 4. The van der Waals surface area contributed by atoms with Crippen molar-refractivity contribution in [3.8, 4) is 11.5 Å². The van der Waals surface area contributed by atoms with E-state index in [9.17, 15) is 36.6 Å². The van der Waals surface area contributed by atoms with E-state index in [0.29, 0.717) is 87.8 Å². The maximum Gasteiger partial charge on any atom is 0.264 e. The Balaban J connectivity index is 0.000000175. The summed E-state index contributed by atoms with van der Waals surface area (Å²) in [6, 6.07) is 22.9. The van der Waals surface area contributed by atoms with Crippen molar-refractivity contribution in [1.82, 2.24) is 20.1 Å². The second kappa shape index (κ2) is 26.3. The minimum atomic E-state index is -3.83. The molecule has 84 heavy (non-hydrogen) atoms. The Labute approximate surface area is 504 Å². The summed E-state index contributed by atoms with van der Waals surface area (Å²) >= 11 is 12.8. The zero-order chi connectivity index (χ0) is 58.6. The zero-order valence-corrected chi connectivity index (χ0v) is 50.8. The van der Waals surface area contributed by atoms with E-state index in [1.807, 2.05) is 12.1 Å². The van der Waals surface area contributed by atoms with Gasteiger partial charge in [0.25, 0.3) is 11.8 Å². The SMILES string of the molecule is O=C1NS(=O)(=O)CCCOC[C@@H](NCCO)[C@@H]2CC[C@H]2CN2C[C@@]3(CCCc4cc(Cl)ccc43)COc3ccc1cc32.O=C1NS(=O)(=O)CCCOC[C@@H](NCCO)[C@@H]2CC[C@H]2CN2C[C@@]3(CCCc4cc(Cl)ccc43)COc3ccc1cc32. The Hall–Kier alpha value is -4.74. The number of anilines is 2. The first-order valence-corrected chi connectivity index (χ1v) is 34.1. The number of fused-ring (bicyclic) bond motifs is 8. The fourth-order valence-corrected chi connectivity index (χ4v) is 17.0. The summed E-state index contributed by atoms with van der Waals surface area (Å²) in [7, 11) is -7.66. The number of nitrogens with one attached hydrogen (secondary N) is 4. The Morgan fingerprint density at radius 2 is 1.02 bits per heavy atom. The van der Waals surface area contributed by atoms with E-state index in [-0.39, 0.29) is 84.8 Å². The third kappa shape index (κ3) is 13.7. The summed E-state index contributed by atoms with van der Waals surface area (Å²) < 4.78 is 80.2. The number of halogens is 2. The molecule has 4 bridgehead atoms. The van der Waals surface area contributed by atoms with Crippen LogP contribution in [0.1, 0.15) is 107 Å². The minimum Gasteiger partial charge on any atom is -0.490 e. The lowest BCUT2D eigenvalue weighted by Crippen LogP contribution is -2.53. The molecule has 4 aromatic carbocycles. The van der Waals surface area contributed by atoms with Crippen LogP contribution < -0.4 is 39.4 Å². The molecule has 2 fully saturated rings. The van der Waals surface area contributed by atoms with Gasteiger partial charge in [-0.3, -0.25) is 9.59 Å². The molecule has 0 aromatic heterocycles. The van der Waals surface area contributed by atoms with E-state index in [1.54, 1.807) is 36.4 Å². The highest BCUT2D eigenvalue weighted by atomic mass is 35.5. The molecule has 4 aliphatic carbocycles. The number of hydrogen-bond acceptors (Lipinski definition) is 16. The normalized spacial score (nSPS) is 29.3. The van der Waals surface area contributed by atoms with Gasteiger partial charge in [-0.25, -0.2) is 26.3 Å². The van der Waals surface area contributed by atoms with Crippen molar-refractivity contribution in [2.75, 3.05) is 113 Å². The number of rotatable bonds is 6. The lowest BCUT2D eigenvalue weighted by atomic mass is 9.68. The number of carbonyl (C=O) groups excluding carboxylic acids is 2. The third-order valence-electron chi connectivity index (χ3n) is 19.0. The van der Waals surface area contributed by atoms with Crippen LogP contribution in [0.3, 0.4) is 0 Å². The molecule has 18 nitrogen and oxygen atoms in total. The molecule has 22 heteroatoms. The maximum absolute atomic E-state index is 13.1. The van der Waals surface area contributed by atoms with Crippen molar-refractivity contribution >= 4 is 66.4 Å². The van der Waals surface area contributed by atoms with Crippen LogP contribution in [0.25, 0.3) is 0 Å². The molecular formula is C62H80Cl2N6O12S2. The van der Waals surface area contributed by atoms with E-state index < -0.39 is 31.9 Å². The molecule has 4 aromatic rings. The van der Waals surface area contributed by atoms with Crippen molar-refractivity contribution in [3.63, 3.8) is 0 Å². The molecule has 0 unspecified atom stereocenters. The van der Waals surface area contributed by atoms with Gasteiger partial charge in [0.15, 0.2) is 0 Å². The molecule has 456 valence electrons. The summed E-state index contributed by atoms with van der Waals surface area (Å²) in [4.78, 5) is 31.0. The fraction of sp³-hybridized carbons (Fsp3) is 0.581. The Bertz CT molecular complexity index is 3060. The summed E-state index contributed by atoms with van der Waals surface area (Å²) in [6.45, 7) is 6.45. The number of carbonyl (C=O) groups is 2. The highest BCUT2D eigenvalue weighted by molar-refractivity contribution is 7.90. The zero-order valence-electron chi connectivity index (χ0n) is 47.6. The van der Waals surface area contributed by atoms with Crippen LogP contribution in [0, 0.1) is 23.7 Å². The number of aliphatic hydroxyl groups excluding tert-OH is 2. The second-order valence-electron chi connectivity index (χ2n) is 24.5. The topological polar surface area (TPSA) is 234 Å². The first-order valence-electron chi connectivity index (χ1n) is 30.1. The lowest BCUT2D eigenvalue weighted by molar-refractivity contribution is 0.0442. The number of hydrogen-bond donors (Lipinski definition) is 6. The number of amides is 2. The van der Waals surface area contributed by atoms with Crippen LogP contribution in [-0.2, 0) is 53.2 Å². The Morgan fingerprint density at radius 3 is 1.43 bits per heavy atom. The molecule has 8 aliphatic rings. The van der Waals surface area contributed by atoms with Crippen molar-refractivity contribution in [2.45, 2.75) is 100.0 Å². The average molecular weight is 1240 g/mol. The van der Waals surface area contributed by atoms with Gasteiger partial charge in [0.2, 0.25) is 20.0 Å². The van der Waals surface area contributed by atoms with Crippen molar-refractivity contribution in [3.05, 3.63) is 116 Å². The molecule has 2 spiro atoms. The monoisotopic (exact) mass is 1230 g/mol. The van der Waals surface area contributed by atoms with Gasteiger partial charge < -0.3 is 49.6 Å². The highest BCUT2D eigenvalue weighted by Crippen LogP contribution is 2.49. The second-order valence-corrected chi connectivity index (χ2v) is 29.1. The van der Waals surface area contributed by atoms with Crippen LogP contribution in [0.4, 0.5) is 11.4 Å². The predicted octanol–water partition coefficient (Wildman–Crippen LogP) is 6.54. The molecule has 2 saturated carbocycles. The largest absolute Gasteiger partial charge is 0.490 e. The van der Waals surface area contributed by atoms with Gasteiger partial charge in [0.1, 0.15) is 11.5 Å². The maximum atomic E-state index is 13.1. The highest BCUT2D eigenvalue weighted by Gasteiger charge is 2.47. The van der Waals surface area contributed by atoms with Gasteiger partial charge in [-0.1, -0.05) is 35.3 Å². The minimum absolute atomic E-state index is 0.0391. The number of sulfonamides is 2. The van der Waals surface area contributed by atoms with Gasteiger partial charge in [0, 0.05) is 96.6 Å². The molecule has 6 N–H and O–H groups in total. The van der Waals surface area contributed by atoms with Gasteiger partial charge in [-0.05, 0) is 184 Å². The first-order chi connectivity index (χ1) is 40.5. The number of benzene rings is 4. The fourth-order valence-electron chi connectivity index (χ4n) is 14.6. The molecule has 2 amide bonds. The van der Waals surface area contributed by atoms with Crippen molar-refractivity contribution in [2.24, 2.45) is 23.7 Å². The van der Waals surface area contributed by atoms with Crippen LogP contribution in [0.15, 0.2) is 72.8 Å². The molecule has 12 rings (SSSR count). The smallest absolute Gasteiger partial charge is 0.264 e. The van der Waals surface area contributed by atoms with Crippen LogP contribution in [0.2, 0.25) is 10.0 Å². The van der Waals surface area contributed by atoms with Gasteiger partial charge in [0.05, 0.1) is 62.5 Å². The average Bonchev–Trinajstić information content (AvgIpc) is 2.08. The van der Waals surface area contributed by atoms with E-state index in [2.05, 4.69) is 54.1 Å². The van der Waals surface area contributed by atoms with Crippen LogP contribution in [-0.4, -0.2) is 155 Å². The quantitative estimate of drug-likeness (QED) is 0.120. The Kier molecular flexibility index (Phi) is 19.1. The van der Waals surface area contributed by atoms with E-state index in [4.69, 9.17) is 42.1 Å². The van der Waals surface area contributed by atoms with Crippen molar-refractivity contribution in [1.29, 1.82) is 0 Å². The molecule has 0 saturated heterocycles. The van der Waals surface area contributed by atoms with Gasteiger partial charge in [-0.2, -0.15) is 0 Å². The van der Waals surface area contributed by atoms with Gasteiger partial charge in [-0.15, -0.1) is 0 Å². The molecule has 0 radical (unpaired) electrons. The summed E-state index contributed by atoms with van der Waals surface area (Å²) in [5, 5.41) is 27.4. The van der Waals surface area contributed by atoms with E-state index in [0.717, 1.165) is 98.7 Å². The molecule has 4 heterocycles. The van der Waals surface area contributed by atoms with E-state index >= 15 is 0 Å². The third-order valence-corrected chi connectivity index (χ3v) is 22.1. The summed E-state index contributed by atoms with van der Waals surface area (Å²) in [6.07, 6.45) is 10.8. The summed E-state index contributed by atoms with van der Waals surface area (Å²) in [5.74, 6) is 1.16. The molecular weight excluding hydrogens is 1160 g/mol.